The summed E-state index contributed by atoms with van der Waals surface area (Å²) in [5.74, 6) is -0.425. The van der Waals surface area contributed by atoms with Gasteiger partial charge in [0.05, 0.1) is 12.9 Å². The van der Waals surface area contributed by atoms with E-state index in [0.717, 1.165) is 0 Å². The first kappa shape index (κ1) is 16.9. The Hall–Kier alpha value is -1.43. The van der Waals surface area contributed by atoms with Gasteiger partial charge in [-0.05, 0) is 23.8 Å². The molecule has 1 unspecified atom stereocenters. The Morgan fingerprint density at radius 1 is 1.50 bits per heavy atom. The van der Waals surface area contributed by atoms with Crippen LogP contribution in [0, 0.1) is 0 Å². The predicted molar refractivity (Wildman–Crippen MR) is 90.2 cm³/mol. The van der Waals surface area contributed by atoms with Crippen molar-refractivity contribution in [2.75, 3.05) is 6.26 Å². The van der Waals surface area contributed by atoms with Gasteiger partial charge in [-0.2, -0.15) is 0 Å². The summed E-state index contributed by atoms with van der Waals surface area (Å²) in [4.78, 5) is 15.9. The first-order chi connectivity index (χ1) is 10.6. The number of esters is 1. The van der Waals surface area contributed by atoms with Crippen LogP contribution in [-0.4, -0.2) is 21.8 Å². The summed E-state index contributed by atoms with van der Waals surface area (Å²) in [6, 6.07) is 5.11. The summed E-state index contributed by atoms with van der Waals surface area (Å²) in [5, 5.41) is 2.66. The lowest BCUT2D eigenvalue weighted by Crippen LogP contribution is -2.15. The molecule has 116 valence electrons. The molecule has 4 nitrogen and oxygen atoms in total. The highest BCUT2D eigenvalue weighted by Crippen LogP contribution is 2.29. The summed E-state index contributed by atoms with van der Waals surface area (Å²) < 4.78 is 7.34. The highest BCUT2D eigenvalue weighted by molar-refractivity contribution is 8.01. The Morgan fingerprint density at radius 3 is 2.95 bits per heavy atom. The monoisotopic (exact) mass is 356 g/mol. The minimum absolute atomic E-state index is 0.417. The second-order valence-corrected chi connectivity index (χ2v) is 5.98. The molecule has 1 atom stereocenters. The van der Waals surface area contributed by atoms with E-state index in [4.69, 9.17) is 27.9 Å². The number of halogens is 2. The van der Waals surface area contributed by atoms with Crippen molar-refractivity contribution in [2.45, 2.75) is 12.6 Å². The first-order valence-corrected chi connectivity index (χ1v) is 8.45. The number of carbonyl (C=O) groups is 1. The van der Waals surface area contributed by atoms with Gasteiger partial charge in [0.1, 0.15) is 6.10 Å². The van der Waals surface area contributed by atoms with Gasteiger partial charge in [-0.15, -0.1) is 11.8 Å². The van der Waals surface area contributed by atoms with Crippen LogP contribution in [0.4, 0.5) is 0 Å². The molecule has 0 fully saturated rings. The normalized spacial score (nSPS) is 12.5. The van der Waals surface area contributed by atoms with Crippen LogP contribution < -0.4 is 0 Å². The fourth-order valence-corrected chi connectivity index (χ4v) is 2.63. The third-order valence-electron chi connectivity index (χ3n) is 2.84. The Balaban J connectivity index is 2.24. The SMILES string of the molecule is CSC=CC(=O)OC(Cn1ccnc1)c1ccc(Cl)cc1Cl. The molecule has 0 bridgehead atoms. The molecule has 1 aromatic carbocycles. The third kappa shape index (κ3) is 4.80. The molecule has 1 heterocycles. The minimum atomic E-state index is -0.530. The number of aromatic nitrogens is 2. The van der Waals surface area contributed by atoms with E-state index in [1.54, 1.807) is 42.3 Å². The number of rotatable bonds is 6. The summed E-state index contributed by atoms with van der Waals surface area (Å²) in [7, 11) is 0. The van der Waals surface area contributed by atoms with Crippen molar-refractivity contribution in [3.63, 3.8) is 0 Å². The number of ether oxygens (including phenoxy) is 1. The van der Waals surface area contributed by atoms with Gasteiger partial charge in [0.2, 0.25) is 0 Å². The number of hydrogen-bond donors (Lipinski definition) is 0. The van der Waals surface area contributed by atoms with Crippen LogP contribution in [0.25, 0.3) is 0 Å². The number of nitrogens with zero attached hydrogens (tertiary/aromatic N) is 2. The van der Waals surface area contributed by atoms with Crippen LogP contribution >= 0.6 is 35.0 Å². The molecule has 0 aliphatic carbocycles. The van der Waals surface area contributed by atoms with E-state index in [1.165, 1.54) is 17.8 Å². The van der Waals surface area contributed by atoms with Gasteiger partial charge in [0.25, 0.3) is 0 Å². The van der Waals surface area contributed by atoms with E-state index in [9.17, 15) is 4.79 Å². The first-order valence-electron chi connectivity index (χ1n) is 6.41. The van der Waals surface area contributed by atoms with E-state index < -0.39 is 12.1 Å². The van der Waals surface area contributed by atoms with Crippen molar-refractivity contribution in [3.8, 4) is 0 Å². The van der Waals surface area contributed by atoms with E-state index in [1.807, 2.05) is 10.8 Å². The lowest BCUT2D eigenvalue weighted by molar-refractivity contribution is -0.144. The molecule has 2 rings (SSSR count). The van der Waals surface area contributed by atoms with Gasteiger partial charge in [0.15, 0.2) is 0 Å². The lowest BCUT2D eigenvalue weighted by Gasteiger charge is -2.19. The maximum atomic E-state index is 11.9. The molecule has 22 heavy (non-hydrogen) atoms. The molecule has 7 heteroatoms. The summed E-state index contributed by atoms with van der Waals surface area (Å²) in [5.41, 5.74) is 0.700. The van der Waals surface area contributed by atoms with E-state index in [2.05, 4.69) is 4.98 Å². The third-order valence-corrected chi connectivity index (χ3v) is 3.81. The maximum absolute atomic E-state index is 11.9. The number of carbonyl (C=O) groups excluding carboxylic acids is 1. The second kappa shape index (κ2) is 8.27. The Labute approximate surface area is 143 Å². The maximum Gasteiger partial charge on any atom is 0.331 e. The van der Waals surface area contributed by atoms with Crippen LogP contribution in [0.1, 0.15) is 11.7 Å². The number of thioether (sulfide) groups is 1. The van der Waals surface area contributed by atoms with Crippen molar-refractivity contribution >= 4 is 40.9 Å². The van der Waals surface area contributed by atoms with Crippen molar-refractivity contribution in [1.82, 2.24) is 9.55 Å². The fourth-order valence-electron chi connectivity index (χ4n) is 1.85. The van der Waals surface area contributed by atoms with Gasteiger partial charge in [-0.1, -0.05) is 29.3 Å². The van der Waals surface area contributed by atoms with E-state index in [-0.39, 0.29) is 0 Å². The summed E-state index contributed by atoms with van der Waals surface area (Å²) >= 11 is 13.6. The van der Waals surface area contributed by atoms with Crippen LogP contribution in [0.2, 0.25) is 10.0 Å². The molecule has 0 radical (unpaired) electrons. The van der Waals surface area contributed by atoms with Crippen LogP contribution in [-0.2, 0) is 16.1 Å². The van der Waals surface area contributed by atoms with Gasteiger partial charge in [-0.25, -0.2) is 9.78 Å². The molecule has 0 saturated heterocycles. The second-order valence-electron chi connectivity index (χ2n) is 4.39. The average Bonchev–Trinajstić information content (AvgIpc) is 2.97. The molecule has 0 saturated carbocycles. The molecule has 0 N–H and O–H groups in total. The standard InChI is InChI=1S/C15H14Cl2N2O2S/c1-22-7-4-15(20)21-14(9-19-6-5-18-10-19)12-3-2-11(16)8-13(12)17/h2-8,10,14H,9H2,1H3. The Kier molecular flexibility index (Phi) is 6.36. The number of benzene rings is 1. The van der Waals surface area contributed by atoms with Crippen molar-refractivity contribution in [1.29, 1.82) is 0 Å². The molecule has 0 aliphatic heterocycles. The van der Waals surface area contributed by atoms with E-state index in [0.29, 0.717) is 22.2 Å². The minimum Gasteiger partial charge on any atom is -0.452 e. The highest BCUT2D eigenvalue weighted by atomic mass is 35.5. The fraction of sp³-hybridized carbons (Fsp3) is 0.200. The number of imidazole rings is 1. The molecular weight excluding hydrogens is 343 g/mol. The van der Waals surface area contributed by atoms with Gasteiger partial charge >= 0.3 is 5.97 Å². The zero-order valence-corrected chi connectivity index (χ0v) is 14.1. The molecule has 0 aliphatic rings. The lowest BCUT2D eigenvalue weighted by atomic mass is 10.1. The smallest absolute Gasteiger partial charge is 0.331 e. The molecular formula is C15H14Cl2N2O2S. The molecule has 1 aromatic heterocycles. The van der Waals surface area contributed by atoms with Crippen LogP contribution in [0.15, 0.2) is 48.4 Å². The summed E-state index contributed by atoms with van der Waals surface area (Å²) in [6.07, 6.45) is 7.83. The predicted octanol–water partition coefficient (Wildman–Crippen LogP) is 4.35. The zero-order chi connectivity index (χ0) is 15.9. The van der Waals surface area contributed by atoms with Crippen LogP contribution in [0.5, 0.6) is 0 Å². The summed E-state index contributed by atoms with van der Waals surface area (Å²) in [6.45, 7) is 0.417. The Bertz CT molecular complexity index is 660. The number of hydrogen-bond acceptors (Lipinski definition) is 4. The van der Waals surface area contributed by atoms with Crippen molar-refractivity contribution in [2.24, 2.45) is 0 Å². The molecule has 0 amide bonds. The quantitative estimate of drug-likeness (QED) is 0.570. The average molecular weight is 357 g/mol. The molecule has 2 aromatic rings. The van der Waals surface area contributed by atoms with Gasteiger partial charge in [-0.3, -0.25) is 0 Å². The van der Waals surface area contributed by atoms with Crippen LogP contribution in [0.3, 0.4) is 0 Å². The Morgan fingerprint density at radius 2 is 2.32 bits per heavy atom. The highest BCUT2D eigenvalue weighted by Gasteiger charge is 2.19. The largest absolute Gasteiger partial charge is 0.452 e. The topological polar surface area (TPSA) is 44.1 Å². The zero-order valence-electron chi connectivity index (χ0n) is 11.8. The van der Waals surface area contributed by atoms with E-state index >= 15 is 0 Å². The van der Waals surface area contributed by atoms with Gasteiger partial charge < -0.3 is 9.30 Å². The molecule has 0 spiro atoms. The van der Waals surface area contributed by atoms with Crippen molar-refractivity contribution < 1.29 is 9.53 Å². The van der Waals surface area contributed by atoms with Gasteiger partial charge in [0, 0.05) is 34.1 Å². The van der Waals surface area contributed by atoms with Crippen molar-refractivity contribution in [3.05, 3.63) is 64.0 Å².